The lowest BCUT2D eigenvalue weighted by Crippen LogP contribution is -2.31. The number of hydrogen-bond acceptors (Lipinski definition) is 8. The zero-order chi connectivity index (χ0) is 25.4. The van der Waals surface area contributed by atoms with Crippen molar-refractivity contribution in [2.75, 3.05) is 4.90 Å². The van der Waals surface area contributed by atoms with Crippen LogP contribution in [0.15, 0.2) is 75.6 Å². The van der Waals surface area contributed by atoms with E-state index in [1.54, 1.807) is 47.8 Å². The first-order valence-electron chi connectivity index (χ1n) is 10.3. The second kappa shape index (κ2) is 10.3. The predicted octanol–water partition coefficient (Wildman–Crippen LogP) is 7.12. The van der Waals surface area contributed by atoms with Gasteiger partial charge in [-0.15, -0.1) is 21.5 Å². The van der Waals surface area contributed by atoms with Crippen LogP contribution in [0, 0.1) is 5.82 Å². The maximum absolute atomic E-state index is 14.0. The Kier molecular flexibility index (Phi) is 7.14. The fourth-order valence-electron chi connectivity index (χ4n) is 3.71. The molecule has 2 aromatic heterocycles. The van der Waals surface area contributed by atoms with Crippen LogP contribution in [0.5, 0.6) is 0 Å². The topological polar surface area (TPSA) is 83.4 Å². The van der Waals surface area contributed by atoms with E-state index in [2.05, 4.69) is 10.2 Å². The Hall–Kier alpha value is -2.76. The molecule has 6 nitrogen and oxygen atoms in total. The van der Waals surface area contributed by atoms with Gasteiger partial charge in [0, 0.05) is 15.8 Å². The number of ketones is 1. The molecule has 0 saturated heterocycles. The Balaban J connectivity index is 1.52. The zero-order valence-electron chi connectivity index (χ0n) is 18.0. The number of carbonyl (C=O) groups is 2. The van der Waals surface area contributed by atoms with Gasteiger partial charge in [-0.25, -0.2) is 4.39 Å². The number of Topliss-reactive ketones (excluding diaryl/α,β-unsaturated/α-hetero) is 1. The molecule has 2 aromatic carbocycles. The lowest BCUT2D eigenvalue weighted by Gasteiger charge is -2.24. The number of nitrogens with zero attached hydrogens (tertiary/aromatic N) is 3. The number of thiophene rings is 1. The largest absolute Gasteiger partial charge is 0.503 e. The summed E-state index contributed by atoms with van der Waals surface area (Å²) in [5.74, 6) is -1.98. The highest BCUT2D eigenvalue weighted by atomic mass is 35.5. The number of aromatic nitrogens is 2. The quantitative estimate of drug-likeness (QED) is 0.143. The molecule has 36 heavy (non-hydrogen) atoms. The maximum Gasteiger partial charge on any atom is 0.296 e. The number of benzene rings is 2. The molecule has 182 valence electrons. The van der Waals surface area contributed by atoms with Gasteiger partial charge in [-0.05, 0) is 40.8 Å². The Morgan fingerprint density at radius 2 is 1.94 bits per heavy atom. The van der Waals surface area contributed by atoms with Crippen molar-refractivity contribution in [3.8, 4) is 0 Å². The summed E-state index contributed by atoms with van der Waals surface area (Å²) < 4.78 is 14.5. The minimum Gasteiger partial charge on any atom is -0.503 e. The molecule has 0 aliphatic carbocycles. The van der Waals surface area contributed by atoms with E-state index in [0.29, 0.717) is 31.1 Å². The van der Waals surface area contributed by atoms with Gasteiger partial charge in [0.1, 0.15) is 5.82 Å². The number of thioether (sulfide) groups is 1. The normalized spacial score (nSPS) is 15.7. The van der Waals surface area contributed by atoms with Crippen LogP contribution < -0.4 is 4.90 Å². The van der Waals surface area contributed by atoms with Gasteiger partial charge in [-0.1, -0.05) is 76.6 Å². The summed E-state index contributed by atoms with van der Waals surface area (Å²) in [5, 5.41) is 21.6. The van der Waals surface area contributed by atoms with Gasteiger partial charge in [0.25, 0.3) is 5.91 Å². The predicted molar refractivity (Wildman–Crippen MR) is 141 cm³/mol. The molecule has 12 heteroatoms. The third-order valence-corrected chi connectivity index (χ3v) is 8.90. The van der Waals surface area contributed by atoms with Gasteiger partial charge >= 0.3 is 0 Å². The van der Waals surface area contributed by atoms with E-state index in [1.165, 1.54) is 40.1 Å². The van der Waals surface area contributed by atoms with Crippen molar-refractivity contribution in [1.82, 2.24) is 10.2 Å². The summed E-state index contributed by atoms with van der Waals surface area (Å²) in [7, 11) is 0. The van der Waals surface area contributed by atoms with Crippen molar-refractivity contribution in [3.63, 3.8) is 0 Å². The summed E-state index contributed by atoms with van der Waals surface area (Å²) in [6.07, 6.45) is 0. The average Bonchev–Trinajstić information content (AvgIpc) is 3.60. The van der Waals surface area contributed by atoms with E-state index in [0.717, 1.165) is 11.3 Å². The lowest BCUT2D eigenvalue weighted by atomic mass is 9.95. The van der Waals surface area contributed by atoms with E-state index < -0.39 is 23.5 Å². The molecular formula is C24H14Cl2FN3O3S3. The van der Waals surface area contributed by atoms with Crippen LogP contribution >= 0.6 is 57.6 Å². The smallest absolute Gasteiger partial charge is 0.296 e. The zero-order valence-corrected chi connectivity index (χ0v) is 22.0. The van der Waals surface area contributed by atoms with Crippen molar-refractivity contribution < 1.29 is 19.1 Å². The number of anilines is 1. The summed E-state index contributed by atoms with van der Waals surface area (Å²) in [6, 6.07) is 13.4. The Labute approximate surface area is 227 Å². The number of aliphatic hydroxyl groups excluding tert-OH is 1. The molecule has 0 spiro atoms. The minimum atomic E-state index is -1.05. The first-order valence-corrected chi connectivity index (χ1v) is 13.8. The highest BCUT2D eigenvalue weighted by Crippen LogP contribution is 2.46. The monoisotopic (exact) mass is 577 g/mol. The molecule has 0 bridgehead atoms. The molecule has 1 N–H and O–H groups in total. The van der Waals surface area contributed by atoms with Crippen molar-refractivity contribution >= 4 is 74.5 Å². The third kappa shape index (κ3) is 4.67. The van der Waals surface area contributed by atoms with Crippen LogP contribution in [0.4, 0.5) is 9.52 Å². The molecule has 1 amide bonds. The fourth-order valence-corrected chi connectivity index (χ4v) is 6.75. The highest BCUT2D eigenvalue weighted by Gasteiger charge is 2.47. The van der Waals surface area contributed by atoms with Crippen LogP contribution in [0.3, 0.4) is 0 Å². The molecule has 0 fully saturated rings. The second-order valence-corrected chi connectivity index (χ2v) is 11.5. The van der Waals surface area contributed by atoms with Crippen LogP contribution in [0.2, 0.25) is 10.0 Å². The van der Waals surface area contributed by atoms with E-state index in [1.807, 2.05) is 0 Å². The molecule has 3 heterocycles. The minimum absolute atomic E-state index is 0.109. The van der Waals surface area contributed by atoms with Crippen molar-refractivity contribution in [2.24, 2.45) is 0 Å². The SMILES string of the molecule is O=C(C1=C(O)C(=O)N(c2nnc(SCc3ccccc3F)s2)C1c1ccc(Cl)cc1Cl)c1cccs1. The maximum atomic E-state index is 14.0. The number of amides is 1. The van der Waals surface area contributed by atoms with Gasteiger partial charge in [-0.3, -0.25) is 14.5 Å². The standard InChI is InChI=1S/C24H14Cl2FN3O3S3/c25-13-7-8-14(15(26)10-13)19-18(20(31)17-6-3-9-34-17)21(32)22(33)30(19)23-28-29-24(36-23)35-11-12-4-1-2-5-16(12)27/h1-10,19,32H,11H2. The van der Waals surface area contributed by atoms with Crippen molar-refractivity contribution in [3.05, 3.63) is 103 Å². The van der Waals surface area contributed by atoms with E-state index in [9.17, 15) is 19.1 Å². The van der Waals surface area contributed by atoms with Gasteiger partial charge < -0.3 is 5.11 Å². The first-order chi connectivity index (χ1) is 17.3. The molecule has 1 aliphatic rings. The molecule has 0 saturated carbocycles. The van der Waals surface area contributed by atoms with E-state index >= 15 is 0 Å². The highest BCUT2D eigenvalue weighted by molar-refractivity contribution is 8.00. The van der Waals surface area contributed by atoms with E-state index in [-0.39, 0.29) is 21.5 Å². The summed E-state index contributed by atoms with van der Waals surface area (Å²) in [5.41, 5.74) is 0.794. The molecule has 1 atom stereocenters. The summed E-state index contributed by atoms with van der Waals surface area (Å²) in [4.78, 5) is 28.2. The number of hydrogen-bond donors (Lipinski definition) is 1. The van der Waals surface area contributed by atoms with Gasteiger partial charge in [0.05, 0.1) is 16.5 Å². The third-order valence-electron chi connectivity index (χ3n) is 5.37. The van der Waals surface area contributed by atoms with Crippen LogP contribution in [0.25, 0.3) is 0 Å². The molecule has 1 unspecified atom stereocenters. The second-order valence-electron chi connectivity index (χ2n) is 7.54. The van der Waals surface area contributed by atoms with Crippen LogP contribution in [-0.4, -0.2) is 27.0 Å². The molecule has 0 radical (unpaired) electrons. The average molecular weight is 578 g/mol. The fraction of sp³-hybridized carbons (Fsp3) is 0.0833. The van der Waals surface area contributed by atoms with E-state index in [4.69, 9.17) is 23.2 Å². The molecular weight excluding hydrogens is 564 g/mol. The first kappa shape index (κ1) is 24.9. The van der Waals surface area contributed by atoms with Crippen LogP contribution in [-0.2, 0) is 10.5 Å². The summed E-state index contributed by atoms with van der Waals surface area (Å²) >= 11 is 16.1. The van der Waals surface area contributed by atoms with Crippen molar-refractivity contribution in [2.45, 2.75) is 16.1 Å². The number of rotatable bonds is 7. The number of aliphatic hydroxyl groups is 1. The van der Waals surface area contributed by atoms with Gasteiger partial charge in [0.15, 0.2) is 10.1 Å². The lowest BCUT2D eigenvalue weighted by molar-refractivity contribution is -0.117. The Morgan fingerprint density at radius 1 is 1.14 bits per heavy atom. The Morgan fingerprint density at radius 3 is 2.67 bits per heavy atom. The molecule has 4 aromatic rings. The van der Waals surface area contributed by atoms with Crippen LogP contribution in [0.1, 0.15) is 26.8 Å². The number of carbonyl (C=O) groups excluding carboxylic acids is 2. The Bertz CT molecular complexity index is 1510. The van der Waals surface area contributed by atoms with Crippen molar-refractivity contribution in [1.29, 1.82) is 0 Å². The molecule has 1 aliphatic heterocycles. The van der Waals surface area contributed by atoms with Gasteiger partial charge in [-0.2, -0.15) is 0 Å². The molecule has 5 rings (SSSR count). The number of halogens is 3. The van der Waals surface area contributed by atoms with Gasteiger partial charge in [0.2, 0.25) is 10.9 Å². The summed E-state index contributed by atoms with van der Waals surface area (Å²) in [6.45, 7) is 0.